The standard InChI is InChI=1S/C2H3ClO3P/c3-2-1-5-7(4)6-2/h2H,1H2. The molecule has 5 heteroatoms. The van der Waals surface area contributed by atoms with Gasteiger partial charge >= 0.3 is 8.25 Å². The summed E-state index contributed by atoms with van der Waals surface area (Å²) >= 11 is 5.28. The third kappa shape index (κ3) is 1.35. The van der Waals surface area contributed by atoms with Crippen molar-refractivity contribution < 1.29 is 13.6 Å². The fourth-order valence-corrected chi connectivity index (χ4v) is 1.19. The van der Waals surface area contributed by atoms with E-state index < -0.39 is 13.8 Å². The second-order valence-corrected chi connectivity index (χ2v) is 2.44. The number of alkyl halides is 1. The largest absolute Gasteiger partial charge is 0.370 e. The minimum absolute atomic E-state index is 0.233. The van der Waals surface area contributed by atoms with Gasteiger partial charge in [0.1, 0.15) is 6.61 Å². The lowest BCUT2D eigenvalue weighted by Crippen LogP contribution is -1.95. The van der Waals surface area contributed by atoms with Crippen LogP contribution in [-0.2, 0) is 13.6 Å². The molecule has 3 nitrogen and oxygen atoms in total. The summed E-state index contributed by atoms with van der Waals surface area (Å²) in [4.78, 5) is 0. The van der Waals surface area contributed by atoms with Gasteiger partial charge in [0.25, 0.3) is 0 Å². The van der Waals surface area contributed by atoms with E-state index in [1.165, 1.54) is 0 Å². The Balaban J connectivity index is 2.40. The maximum atomic E-state index is 10.1. The van der Waals surface area contributed by atoms with Crippen molar-refractivity contribution in [1.82, 2.24) is 0 Å². The van der Waals surface area contributed by atoms with Gasteiger partial charge in [0.15, 0.2) is 5.56 Å². The Morgan fingerprint density at radius 2 is 2.57 bits per heavy atom. The van der Waals surface area contributed by atoms with Gasteiger partial charge in [-0.2, -0.15) is 0 Å². The molecule has 0 aromatic carbocycles. The summed E-state index contributed by atoms with van der Waals surface area (Å²) in [6.45, 7) is 0.233. The highest BCUT2D eigenvalue weighted by molar-refractivity contribution is 7.33. The Bertz CT molecular complexity index is 94.9. The molecule has 0 spiro atoms. The van der Waals surface area contributed by atoms with Crippen molar-refractivity contribution in [3.63, 3.8) is 0 Å². The highest BCUT2D eigenvalue weighted by Crippen LogP contribution is 2.34. The Labute approximate surface area is 46.5 Å². The van der Waals surface area contributed by atoms with E-state index in [1.807, 2.05) is 0 Å². The van der Waals surface area contributed by atoms with Crippen molar-refractivity contribution >= 4 is 19.9 Å². The third-order valence-electron chi connectivity index (χ3n) is 0.511. The predicted octanol–water partition coefficient (Wildman–Crippen LogP) is 1.26. The zero-order valence-corrected chi connectivity index (χ0v) is 4.98. The molecule has 0 amide bonds. The Morgan fingerprint density at radius 1 is 1.86 bits per heavy atom. The third-order valence-corrected chi connectivity index (χ3v) is 1.64. The lowest BCUT2D eigenvalue weighted by molar-refractivity contribution is 0.324. The van der Waals surface area contributed by atoms with Crippen molar-refractivity contribution in [3.05, 3.63) is 0 Å². The molecule has 41 valence electrons. The number of hydrogen-bond donors (Lipinski definition) is 0. The first kappa shape index (κ1) is 5.45. The van der Waals surface area contributed by atoms with Crippen LogP contribution in [0.2, 0.25) is 0 Å². The summed E-state index contributed by atoms with van der Waals surface area (Å²) in [6.07, 6.45) is 0. The molecule has 0 aromatic rings. The highest BCUT2D eigenvalue weighted by Gasteiger charge is 2.20. The summed E-state index contributed by atoms with van der Waals surface area (Å²) < 4.78 is 18.9. The van der Waals surface area contributed by atoms with E-state index in [0.717, 1.165) is 0 Å². The summed E-state index contributed by atoms with van der Waals surface area (Å²) in [5.74, 6) is 0. The SMILES string of the molecule is O=[P]1OCC(Cl)O1. The molecule has 1 fully saturated rings. The molecule has 2 atom stereocenters. The van der Waals surface area contributed by atoms with E-state index in [-0.39, 0.29) is 6.61 Å². The van der Waals surface area contributed by atoms with Gasteiger partial charge in [-0.25, -0.2) is 4.57 Å². The molecule has 0 bridgehead atoms. The van der Waals surface area contributed by atoms with Crippen LogP contribution in [0.1, 0.15) is 0 Å². The predicted molar refractivity (Wildman–Crippen MR) is 24.3 cm³/mol. The smallest absolute Gasteiger partial charge is 0.279 e. The molecule has 1 aliphatic heterocycles. The number of hydrogen-bond acceptors (Lipinski definition) is 3. The molecule has 2 unspecified atom stereocenters. The van der Waals surface area contributed by atoms with Gasteiger partial charge < -0.3 is 0 Å². The van der Waals surface area contributed by atoms with Gasteiger partial charge in [-0.3, -0.25) is 9.05 Å². The van der Waals surface area contributed by atoms with E-state index in [1.54, 1.807) is 0 Å². The van der Waals surface area contributed by atoms with Crippen LogP contribution in [0.4, 0.5) is 0 Å². The normalized spacial score (nSPS) is 36.7. The molecule has 1 rings (SSSR count). The summed E-state index contributed by atoms with van der Waals surface area (Å²) in [6, 6.07) is 0. The topological polar surface area (TPSA) is 35.5 Å². The van der Waals surface area contributed by atoms with E-state index in [4.69, 9.17) is 11.6 Å². The van der Waals surface area contributed by atoms with Crippen molar-refractivity contribution in [2.24, 2.45) is 0 Å². The van der Waals surface area contributed by atoms with Crippen LogP contribution < -0.4 is 0 Å². The quantitative estimate of drug-likeness (QED) is 0.376. The molecular weight excluding hydrogens is 138 g/mol. The Hall–Kier alpha value is 0.310. The average Bonchev–Trinajstić information content (AvgIpc) is 1.87. The average molecular weight is 141 g/mol. The maximum Gasteiger partial charge on any atom is 0.370 e. The molecule has 1 aliphatic rings. The minimum atomic E-state index is -1.89. The zero-order chi connectivity index (χ0) is 5.28. The van der Waals surface area contributed by atoms with Gasteiger partial charge in [0.2, 0.25) is 0 Å². The molecule has 7 heavy (non-hydrogen) atoms. The number of rotatable bonds is 0. The summed E-state index contributed by atoms with van der Waals surface area (Å²) in [5, 5.41) is 0. The van der Waals surface area contributed by atoms with Gasteiger partial charge in [0.05, 0.1) is 0 Å². The Kier molecular flexibility index (Phi) is 1.60. The van der Waals surface area contributed by atoms with Crippen LogP contribution in [0.25, 0.3) is 0 Å². The second-order valence-electron chi connectivity index (χ2n) is 1.03. The fraction of sp³-hybridized carbons (Fsp3) is 1.00. The monoisotopic (exact) mass is 141 g/mol. The number of halogens is 1. The van der Waals surface area contributed by atoms with Crippen molar-refractivity contribution in [2.75, 3.05) is 6.61 Å². The van der Waals surface area contributed by atoms with E-state index >= 15 is 0 Å². The molecule has 0 N–H and O–H groups in total. The molecule has 1 radical (unpaired) electrons. The van der Waals surface area contributed by atoms with Crippen LogP contribution in [0.3, 0.4) is 0 Å². The lowest BCUT2D eigenvalue weighted by Gasteiger charge is -1.85. The zero-order valence-electron chi connectivity index (χ0n) is 3.33. The first-order chi connectivity index (χ1) is 3.29. The van der Waals surface area contributed by atoms with Crippen LogP contribution in [0.5, 0.6) is 0 Å². The van der Waals surface area contributed by atoms with Gasteiger partial charge in [-0.05, 0) is 0 Å². The highest BCUT2D eigenvalue weighted by atomic mass is 35.5. The first-order valence-corrected chi connectivity index (χ1v) is 3.23. The summed E-state index contributed by atoms with van der Waals surface area (Å²) in [7, 11) is -1.89. The second kappa shape index (κ2) is 2.05. The van der Waals surface area contributed by atoms with Gasteiger partial charge in [-0.15, -0.1) is 0 Å². The Morgan fingerprint density at radius 3 is 2.71 bits per heavy atom. The molecule has 1 heterocycles. The maximum absolute atomic E-state index is 10.1. The molecule has 0 aliphatic carbocycles. The summed E-state index contributed by atoms with van der Waals surface area (Å²) in [5.41, 5.74) is -0.511. The van der Waals surface area contributed by atoms with E-state index in [9.17, 15) is 4.57 Å². The van der Waals surface area contributed by atoms with Gasteiger partial charge in [-0.1, -0.05) is 11.6 Å². The van der Waals surface area contributed by atoms with Crippen LogP contribution in [0.15, 0.2) is 0 Å². The van der Waals surface area contributed by atoms with Gasteiger partial charge in [0, 0.05) is 0 Å². The van der Waals surface area contributed by atoms with Crippen LogP contribution in [0, 0.1) is 0 Å². The molecule has 0 aromatic heterocycles. The van der Waals surface area contributed by atoms with E-state index in [2.05, 4.69) is 9.05 Å². The van der Waals surface area contributed by atoms with Crippen molar-refractivity contribution in [3.8, 4) is 0 Å². The molecule has 0 saturated carbocycles. The molecular formula is C2H3ClO3P. The fourth-order valence-electron chi connectivity index (χ4n) is 0.274. The molecule has 1 saturated heterocycles. The first-order valence-electron chi connectivity index (χ1n) is 1.70. The van der Waals surface area contributed by atoms with Crippen LogP contribution >= 0.6 is 19.9 Å². The van der Waals surface area contributed by atoms with E-state index in [0.29, 0.717) is 0 Å². The van der Waals surface area contributed by atoms with Crippen molar-refractivity contribution in [2.45, 2.75) is 5.56 Å². The van der Waals surface area contributed by atoms with Crippen molar-refractivity contribution in [1.29, 1.82) is 0 Å². The van der Waals surface area contributed by atoms with Crippen LogP contribution in [-0.4, -0.2) is 12.2 Å². The lowest BCUT2D eigenvalue weighted by atomic mass is 10.8. The minimum Gasteiger partial charge on any atom is -0.279 e.